The molecule has 3 nitrogen and oxygen atoms in total. The van der Waals surface area contributed by atoms with Crippen LogP contribution in [0.4, 0.5) is 0 Å². The Bertz CT molecular complexity index is 82.1. The van der Waals surface area contributed by atoms with Crippen molar-refractivity contribution in [2.75, 3.05) is 0 Å². The SMILES string of the molecule is CC[B]C1CCC1N.O.O. The van der Waals surface area contributed by atoms with Gasteiger partial charge >= 0.3 is 0 Å². The maximum Gasteiger partial charge on any atom is 0.115 e. The van der Waals surface area contributed by atoms with Crippen molar-refractivity contribution >= 4 is 7.28 Å². The highest BCUT2D eigenvalue weighted by atomic mass is 16.0. The van der Waals surface area contributed by atoms with Gasteiger partial charge in [-0.1, -0.05) is 25.5 Å². The van der Waals surface area contributed by atoms with Gasteiger partial charge in [-0.3, -0.25) is 0 Å². The van der Waals surface area contributed by atoms with Crippen LogP contribution in [0.2, 0.25) is 12.1 Å². The van der Waals surface area contributed by atoms with E-state index in [-0.39, 0.29) is 11.0 Å². The molecule has 2 atom stereocenters. The Morgan fingerprint density at radius 3 is 2.10 bits per heavy atom. The van der Waals surface area contributed by atoms with Crippen LogP contribution in [0.15, 0.2) is 0 Å². The zero-order valence-electron chi connectivity index (χ0n) is 6.43. The molecule has 0 aliphatic heterocycles. The van der Waals surface area contributed by atoms with Gasteiger partial charge < -0.3 is 16.7 Å². The molecule has 0 saturated heterocycles. The van der Waals surface area contributed by atoms with Crippen LogP contribution >= 0.6 is 0 Å². The van der Waals surface area contributed by atoms with Gasteiger partial charge in [0.25, 0.3) is 0 Å². The molecule has 1 aliphatic rings. The molecular weight excluding hydrogens is 129 g/mol. The highest BCUT2D eigenvalue weighted by molar-refractivity contribution is 6.38. The summed E-state index contributed by atoms with van der Waals surface area (Å²) in [7, 11) is 2.33. The van der Waals surface area contributed by atoms with Gasteiger partial charge in [-0.15, -0.1) is 0 Å². The average molecular weight is 146 g/mol. The van der Waals surface area contributed by atoms with Gasteiger partial charge in [-0.2, -0.15) is 0 Å². The van der Waals surface area contributed by atoms with E-state index in [1.54, 1.807) is 0 Å². The van der Waals surface area contributed by atoms with E-state index < -0.39 is 0 Å². The third kappa shape index (κ3) is 2.69. The molecule has 2 unspecified atom stereocenters. The first kappa shape index (κ1) is 12.6. The topological polar surface area (TPSA) is 89.0 Å². The summed E-state index contributed by atoms with van der Waals surface area (Å²) in [6.07, 6.45) is 3.74. The zero-order chi connectivity index (χ0) is 5.98. The smallest absolute Gasteiger partial charge is 0.115 e. The van der Waals surface area contributed by atoms with Crippen molar-refractivity contribution in [2.24, 2.45) is 5.73 Å². The van der Waals surface area contributed by atoms with Crippen LogP contribution in [0.3, 0.4) is 0 Å². The second kappa shape index (κ2) is 5.71. The van der Waals surface area contributed by atoms with E-state index in [1.165, 1.54) is 19.2 Å². The Labute approximate surface area is 62.8 Å². The Morgan fingerprint density at radius 1 is 1.40 bits per heavy atom. The molecule has 6 N–H and O–H groups in total. The van der Waals surface area contributed by atoms with Crippen LogP contribution in [0.5, 0.6) is 0 Å². The minimum Gasteiger partial charge on any atom is -0.412 e. The highest BCUT2D eigenvalue weighted by Crippen LogP contribution is 2.30. The lowest BCUT2D eigenvalue weighted by molar-refractivity contribution is 0.413. The van der Waals surface area contributed by atoms with E-state index in [0.717, 1.165) is 5.82 Å². The summed E-state index contributed by atoms with van der Waals surface area (Å²) >= 11 is 0. The van der Waals surface area contributed by atoms with E-state index in [4.69, 9.17) is 5.73 Å². The highest BCUT2D eigenvalue weighted by Gasteiger charge is 2.25. The van der Waals surface area contributed by atoms with Crippen molar-refractivity contribution in [3.8, 4) is 0 Å². The maximum absolute atomic E-state index is 5.68. The van der Waals surface area contributed by atoms with E-state index in [1.807, 2.05) is 0 Å². The minimum atomic E-state index is 0. The van der Waals surface area contributed by atoms with E-state index in [0.29, 0.717) is 6.04 Å². The predicted octanol–water partition coefficient (Wildman–Crippen LogP) is -0.611. The van der Waals surface area contributed by atoms with E-state index in [9.17, 15) is 0 Å². The van der Waals surface area contributed by atoms with Crippen molar-refractivity contribution in [1.82, 2.24) is 0 Å². The first-order valence-corrected chi connectivity index (χ1v) is 3.43. The van der Waals surface area contributed by atoms with Crippen molar-refractivity contribution < 1.29 is 11.0 Å². The Kier molecular flexibility index (Phi) is 7.20. The summed E-state index contributed by atoms with van der Waals surface area (Å²) in [5, 5.41) is 0. The fraction of sp³-hybridized carbons (Fsp3) is 1.00. The summed E-state index contributed by atoms with van der Waals surface area (Å²) < 4.78 is 0. The second-order valence-corrected chi connectivity index (χ2v) is 2.55. The quantitative estimate of drug-likeness (QED) is 0.517. The summed E-state index contributed by atoms with van der Waals surface area (Å²) in [5.74, 6) is 0.750. The average Bonchev–Trinajstić information content (AvgIpc) is 1.79. The first-order chi connectivity index (χ1) is 3.84. The molecule has 0 bridgehead atoms. The van der Waals surface area contributed by atoms with Gasteiger partial charge in [0, 0.05) is 0 Å². The van der Waals surface area contributed by atoms with Crippen LogP contribution in [0, 0.1) is 0 Å². The molecule has 0 amide bonds. The van der Waals surface area contributed by atoms with E-state index in [2.05, 4.69) is 14.2 Å². The molecular formula is C6H17BNO2. The Hall–Kier alpha value is -0.0551. The monoisotopic (exact) mass is 146 g/mol. The lowest BCUT2D eigenvalue weighted by Gasteiger charge is -2.32. The number of hydrogen-bond acceptors (Lipinski definition) is 1. The third-order valence-corrected chi connectivity index (χ3v) is 1.92. The molecule has 0 aromatic rings. The molecule has 0 aromatic heterocycles. The van der Waals surface area contributed by atoms with E-state index >= 15 is 0 Å². The molecule has 0 heterocycles. The van der Waals surface area contributed by atoms with Gasteiger partial charge in [-0.25, -0.2) is 0 Å². The third-order valence-electron chi connectivity index (χ3n) is 1.92. The standard InChI is InChI=1S/C6H13BN.2H2O/c1-2-7-5-3-4-6(5)8;;/h5-6H,2-4,8H2,1H3;2*1H2. The van der Waals surface area contributed by atoms with Gasteiger partial charge in [0.05, 0.1) is 0 Å². The molecule has 61 valence electrons. The van der Waals surface area contributed by atoms with Crippen LogP contribution in [-0.4, -0.2) is 24.3 Å². The van der Waals surface area contributed by atoms with Crippen LogP contribution in [0.25, 0.3) is 0 Å². The van der Waals surface area contributed by atoms with Crippen molar-refractivity contribution in [3.63, 3.8) is 0 Å². The lowest BCUT2D eigenvalue weighted by Crippen LogP contribution is -2.37. The maximum atomic E-state index is 5.68. The number of hydrogen-bond donors (Lipinski definition) is 1. The Morgan fingerprint density at radius 2 is 2.00 bits per heavy atom. The normalized spacial score (nSPS) is 29.0. The fourth-order valence-electron chi connectivity index (χ4n) is 1.15. The molecule has 10 heavy (non-hydrogen) atoms. The minimum absolute atomic E-state index is 0. The Balaban J connectivity index is 0. The summed E-state index contributed by atoms with van der Waals surface area (Å²) in [6.45, 7) is 2.17. The first-order valence-electron chi connectivity index (χ1n) is 3.43. The molecule has 1 saturated carbocycles. The zero-order valence-corrected chi connectivity index (χ0v) is 6.43. The van der Waals surface area contributed by atoms with Crippen LogP contribution < -0.4 is 5.73 Å². The number of nitrogens with two attached hydrogens (primary N) is 1. The van der Waals surface area contributed by atoms with Gasteiger partial charge in [-0.05, 0) is 12.5 Å². The van der Waals surface area contributed by atoms with Gasteiger partial charge in [0.2, 0.25) is 0 Å². The molecule has 1 radical (unpaired) electrons. The van der Waals surface area contributed by atoms with Gasteiger partial charge in [0.1, 0.15) is 7.28 Å². The predicted molar refractivity (Wildman–Crippen MR) is 44.4 cm³/mol. The van der Waals surface area contributed by atoms with Crippen molar-refractivity contribution in [3.05, 3.63) is 0 Å². The van der Waals surface area contributed by atoms with Crippen LogP contribution in [0.1, 0.15) is 19.8 Å². The molecule has 4 heteroatoms. The van der Waals surface area contributed by atoms with Gasteiger partial charge in [0.15, 0.2) is 0 Å². The summed E-state index contributed by atoms with van der Waals surface area (Å²) in [6, 6.07) is 0.495. The van der Waals surface area contributed by atoms with Crippen molar-refractivity contribution in [2.45, 2.75) is 37.9 Å². The largest absolute Gasteiger partial charge is 0.412 e. The molecule has 1 aliphatic carbocycles. The second-order valence-electron chi connectivity index (χ2n) is 2.55. The molecule has 0 spiro atoms. The summed E-state index contributed by atoms with van der Waals surface area (Å²) in [4.78, 5) is 0. The van der Waals surface area contributed by atoms with Crippen molar-refractivity contribution in [1.29, 1.82) is 0 Å². The number of rotatable bonds is 2. The summed E-state index contributed by atoms with van der Waals surface area (Å²) in [5.41, 5.74) is 5.68. The molecule has 1 fully saturated rings. The lowest BCUT2D eigenvalue weighted by atomic mass is 9.52. The fourth-order valence-corrected chi connectivity index (χ4v) is 1.15. The van der Waals surface area contributed by atoms with Crippen LogP contribution in [-0.2, 0) is 0 Å². The molecule has 1 rings (SSSR count). The molecule has 0 aromatic carbocycles.